The van der Waals surface area contributed by atoms with Crippen molar-refractivity contribution in [3.8, 4) is 0 Å². The minimum absolute atomic E-state index is 0.000510. The molecule has 0 aliphatic heterocycles. The van der Waals surface area contributed by atoms with E-state index in [1.807, 2.05) is 30.3 Å². The maximum Gasteiger partial charge on any atom is 0.0526 e. The molecule has 0 saturated carbocycles. The highest BCUT2D eigenvalue weighted by molar-refractivity contribution is 9.11. The van der Waals surface area contributed by atoms with Crippen LogP contribution in [0.15, 0.2) is 49.9 Å². The first kappa shape index (κ1) is 15.1. The Labute approximate surface area is 137 Å². The number of nitrogens with two attached hydrogens (primary N) is 1. The number of halogens is 3. The van der Waals surface area contributed by atoms with Crippen LogP contribution in [0.3, 0.4) is 0 Å². The highest BCUT2D eigenvalue weighted by Crippen LogP contribution is 2.28. The van der Waals surface area contributed by atoms with Gasteiger partial charge in [-0.05, 0) is 51.8 Å². The molecular formula is C13H12Br3N3. The summed E-state index contributed by atoms with van der Waals surface area (Å²) in [5, 5.41) is 0. The van der Waals surface area contributed by atoms with Gasteiger partial charge in [0.05, 0.1) is 6.04 Å². The van der Waals surface area contributed by atoms with Gasteiger partial charge in [0.15, 0.2) is 0 Å². The van der Waals surface area contributed by atoms with Crippen LogP contribution >= 0.6 is 47.8 Å². The molecule has 1 aromatic heterocycles. The van der Waals surface area contributed by atoms with E-state index in [1.165, 1.54) is 0 Å². The zero-order valence-electron chi connectivity index (χ0n) is 9.91. The molecule has 6 heteroatoms. The van der Waals surface area contributed by atoms with Gasteiger partial charge < -0.3 is 0 Å². The number of aromatic nitrogens is 1. The molecule has 0 amide bonds. The van der Waals surface area contributed by atoms with Crippen molar-refractivity contribution in [3.63, 3.8) is 0 Å². The Bertz CT molecular complexity index is 558. The van der Waals surface area contributed by atoms with Crippen molar-refractivity contribution in [2.75, 3.05) is 0 Å². The number of hydrogen-bond donors (Lipinski definition) is 2. The Morgan fingerprint density at radius 1 is 1.11 bits per heavy atom. The summed E-state index contributed by atoms with van der Waals surface area (Å²) in [7, 11) is 0. The smallest absolute Gasteiger partial charge is 0.0526 e. The van der Waals surface area contributed by atoms with Crippen molar-refractivity contribution in [1.29, 1.82) is 0 Å². The van der Waals surface area contributed by atoms with E-state index in [-0.39, 0.29) is 6.04 Å². The minimum Gasteiger partial charge on any atom is -0.271 e. The van der Waals surface area contributed by atoms with Crippen molar-refractivity contribution < 1.29 is 0 Å². The molecule has 0 bridgehead atoms. The molecule has 3 N–H and O–H groups in total. The monoisotopic (exact) mass is 447 g/mol. The first-order chi connectivity index (χ1) is 9.10. The van der Waals surface area contributed by atoms with Crippen LogP contribution in [0.2, 0.25) is 0 Å². The molecule has 1 atom stereocenters. The number of rotatable bonds is 4. The number of hydrazine groups is 1. The molecule has 0 radical (unpaired) electrons. The Kier molecular flexibility index (Phi) is 5.53. The molecule has 19 heavy (non-hydrogen) atoms. The van der Waals surface area contributed by atoms with Crippen LogP contribution in [0.1, 0.15) is 17.3 Å². The summed E-state index contributed by atoms with van der Waals surface area (Å²) >= 11 is 10.4. The van der Waals surface area contributed by atoms with Gasteiger partial charge in [-0.2, -0.15) is 0 Å². The third-order valence-electron chi connectivity index (χ3n) is 2.74. The van der Waals surface area contributed by atoms with E-state index in [0.717, 1.165) is 31.1 Å². The first-order valence-electron chi connectivity index (χ1n) is 5.61. The van der Waals surface area contributed by atoms with Gasteiger partial charge in [-0.1, -0.05) is 31.9 Å². The third-order valence-corrected chi connectivity index (χ3v) is 4.42. The van der Waals surface area contributed by atoms with Crippen molar-refractivity contribution in [2.24, 2.45) is 5.84 Å². The predicted molar refractivity (Wildman–Crippen MR) is 87.5 cm³/mol. The minimum atomic E-state index is 0.000510. The van der Waals surface area contributed by atoms with Gasteiger partial charge in [-0.15, -0.1) is 0 Å². The molecule has 0 aliphatic rings. The molecule has 0 spiro atoms. The standard InChI is InChI=1S/C13H12Br3N3/c14-8-2-4-12(16)11(5-8)13(19-17)6-10-3-1-9(15)7-18-10/h1-5,7,13,19H,6,17H2. The third kappa shape index (κ3) is 4.10. The Balaban J connectivity index is 2.24. The molecular weight excluding hydrogens is 438 g/mol. The summed E-state index contributed by atoms with van der Waals surface area (Å²) in [6, 6.07) is 10.00. The number of pyridine rings is 1. The fourth-order valence-corrected chi connectivity index (χ4v) is 2.91. The second-order valence-electron chi connectivity index (χ2n) is 4.06. The van der Waals surface area contributed by atoms with Gasteiger partial charge in [0, 0.05) is 31.7 Å². The summed E-state index contributed by atoms with van der Waals surface area (Å²) in [5.74, 6) is 5.68. The molecule has 2 rings (SSSR count). The predicted octanol–water partition coefficient (Wildman–Crippen LogP) is 4.12. The molecule has 3 nitrogen and oxygen atoms in total. The Morgan fingerprint density at radius 3 is 2.47 bits per heavy atom. The lowest BCUT2D eigenvalue weighted by molar-refractivity contribution is 0.544. The lowest BCUT2D eigenvalue weighted by Crippen LogP contribution is -2.30. The van der Waals surface area contributed by atoms with Crippen LogP contribution in [0.5, 0.6) is 0 Å². The number of benzene rings is 1. The van der Waals surface area contributed by atoms with E-state index in [2.05, 4.69) is 58.2 Å². The summed E-state index contributed by atoms with van der Waals surface area (Å²) < 4.78 is 3.02. The average Bonchev–Trinajstić information content (AvgIpc) is 2.41. The first-order valence-corrected chi connectivity index (χ1v) is 7.99. The zero-order valence-corrected chi connectivity index (χ0v) is 14.7. The SMILES string of the molecule is NNC(Cc1ccc(Br)cn1)c1cc(Br)ccc1Br. The van der Waals surface area contributed by atoms with E-state index >= 15 is 0 Å². The van der Waals surface area contributed by atoms with Crippen LogP contribution in [-0.4, -0.2) is 4.98 Å². The normalized spacial score (nSPS) is 12.4. The second-order valence-corrected chi connectivity index (χ2v) is 6.74. The van der Waals surface area contributed by atoms with Gasteiger partial charge in [0.1, 0.15) is 0 Å². The van der Waals surface area contributed by atoms with Crippen LogP contribution in [-0.2, 0) is 6.42 Å². The van der Waals surface area contributed by atoms with Crippen molar-refractivity contribution in [1.82, 2.24) is 10.4 Å². The molecule has 1 aromatic carbocycles. The van der Waals surface area contributed by atoms with Crippen molar-refractivity contribution >= 4 is 47.8 Å². The molecule has 100 valence electrons. The van der Waals surface area contributed by atoms with Crippen LogP contribution in [0, 0.1) is 0 Å². The van der Waals surface area contributed by atoms with Gasteiger partial charge in [0.2, 0.25) is 0 Å². The number of nitrogens with one attached hydrogen (secondary N) is 1. The summed E-state index contributed by atoms with van der Waals surface area (Å²) in [5.41, 5.74) is 4.93. The fourth-order valence-electron chi connectivity index (χ4n) is 1.78. The number of nitrogens with zero attached hydrogens (tertiary/aromatic N) is 1. The fraction of sp³-hybridized carbons (Fsp3) is 0.154. The van der Waals surface area contributed by atoms with Gasteiger partial charge in [-0.25, -0.2) is 0 Å². The molecule has 1 heterocycles. The molecule has 0 fully saturated rings. The van der Waals surface area contributed by atoms with E-state index in [9.17, 15) is 0 Å². The molecule has 0 saturated heterocycles. The summed E-state index contributed by atoms with van der Waals surface area (Å²) in [4.78, 5) is 4.37. The molecule has 1 unspecified atom stereocenters. The maximum atomic E-state index is 5.68. The highest BCUT2D eigenvalue weighted by atomic mass is 79.9. The van der Waals surface area contributed by atoms with Gasteiger partial charge in [0.25, 0.3) is 0 Å². The van der Waals surface area contributed by atoms with Crippen LogP contribution in [0.4, 0.5) is 0 Å². The van der Waals surface area contributed by atoms with Gasteiger partial charge in [-0.3, -0.25) is 16.3 Å². The van der Waals surface area contributed by atoms with Crippen molar-refractivity contribution in [2.45, 2.75) is 12.5 Å². The van der Waals surface area contributed by atoms with Gasteiger partial charge >= 0.3 is 0 Å². The molecule has 0 aliphatic carbocycles. The second kappa shape index (κ2) is 6.95. The summed E-state index contributed by atoms with van der Waals surface area (Å²) in [6.45, 7) is 0. The molecule has 2 aromatic rings. The van der Waals surface area contributed by atoms with E-state index in [0.29, 0.717) is 0 Å². The van der Waals surface area contributed by atoms with Crippen LogP contribution < -0.4 is 11.3 Å². The average molecular weight is 450 g/mol. The van der Waals surface area contributed by atoms with E-state index in [4.69, 9.17) is 5.84 Å². The maximum absolute atomic E-state index is 5.68. The number of hydrogen-bond acceptors (Lipinski definition) is 3. The van der Waals surface area contributed by atoms with Crippen LogP contribution in [0.25, 0.3) is 0 Å². The highest BCUT2D eigenvalue weighted by Gasteiger charge is 2.15. The van der Waals surface area contributed by atoms with E-state index in [1.54, 1.807) is 6.20 Å². The Hall–Kier alpha value is -0.270. The van der Waals surface area contributed by atoms with E-state index < -0.39 is 0 Å². The summed E-state index contributed by atoms with van der Waals surface area (Å²) in [6.07, 6.45) is 2.51. The lowest BCUT2D eigenvalue weighted by Gasteiger charge is -2.18. The Morgan fingerprint density at radius 2 is 1.84 bits per heavy atom. The topological polar surface area (TPSA) is 50.9 Å². The quantitative estimate of drug-likeness (QED) is 0.545. The lowest BCUT2D eigenvalue weighted by atomic mass is 10.0. The zero-order chi connectivity index (χ0) is 13.8. The largest absolute Gasteiger partial charge is 0.271 e. The van der Waals surface area contributed by atoms with Crippen molar-refractivity contribution in [3.05, 3.63) is 61.2 Å².